The third kappa shape index (κ3) is 2.63. The molecule has 3 heteroatoms. The highest BCUT2D eigenvalue weighted by Crippen LogP contribution is 2.42. The van der Waals surface area contributed by atoms with E-state index in [1.807, 2.05) is 23.1 Å². The molecule has 1 aromatic rings. The molecule has 0 saturated heterocycles. The highest BCUT2D eigenvalue weighted by molar-refractivity contribution is 8.00. The first-order valence-corrected chi connectivity index (χ1v) is 8.01. The van der Waals surface area contributed by atoms with E-state index in [9.17, 15) is 0 Å². The summed E-state index contributed by atoms with van der Waals surface area (Å²) in [5.41, 5.74) is 1.48. The van der Waals surface area contributed by atoms with Crippen LogP contribution in [-0.4, -0.2) is 17.5 Å². The van der Waals surface area contributed by atoms with Gasteiger partial charge in [0.15, 0.2) is 0 Å². The molecule has 2 rings (SSSR count). The molecule has 1 heterocycles. The minimum Gasteiger partial charge on any atom is -0.311 e. The van der Waals surface area contributed by atoms with Crippen LogP contribution >= 0.6 is 23.1 Å². The first-order valence-electron chi connectivity index (χ1n) is 5.97. The molecule has 1 aliphatic rings. The van der Waals surface area contributed by atoms with Gasteiger partial charge in [0.05, 0.1) is 0 Å². The lowest BCUT2D eigenvalue weighted by atomic mass is 9.84. The molecule has 0 aliphatic heterocycles. The van der Waals surface area contributed by atoms with Crippen molar-refractivity contribution in [1.29, 1.82) is 0 Å². The summed E-state index contributed by atoms with van der Waals surface area (Å²) in [6.45, 7) is 6.62. The third-order valence-electron chi connectivity index (χ3n) is 3.60. The van der Waals surface area contributed by atoms with Crippen molar-refractivity contribution in [2.75, 3.05) is 12.8 Å². The summed E-state index contributed by atoms with van der Waals surface area (Å²) in [5, 5.41) is 3.64. The summed E-state index contributed by atoms with van der Waals surface area (Å²) in [4.78, 5) is 2.90. The average molecular weight is 255 g/mol. The van der Waals surface area contributed by atoms with E-state index in [2.05, 4.69) is 31.5 Å². The van der Waals surface area contributed by atoms with Crippen LogP contribution in [0.1, 0.15) is 34.6 Å². The Bertz CT molecular complexity index is 347. The Balaban J connectivity index is 1.81. The van der Waals surface area contributed by atoms with E-state index in [4.69, 9.17) is 0 Å². The van der Waals surface area contributed by atoms with Gasteiger partial charge in [-0.05, 0) is 44.6 Å². The molecule has 0 atom stereocenters. The highest BCUT2D eigenvalue weighted by Gasteiger charge is 2.35. The molecule has 1 fully saturated rings. The molecule has 90 valence electrons. The smallest absolute Gasteiger partial charge is 0.0281 e. The van der Waals surface area contributed by atoms with Gasteiger partial charge < -0.3 is 5.32 Å². The zero-order valence-corrected chi connectivity index (χ0v) is 12.1. The fourth-order valence-corrected chi connectivity index (χ4v) is 4.20. The number of nitrogens with one attached hydrogen (secondary N) is 1. The number of hydrogen-bond donors (Lipinski definition) is 1. The average Bonchev–Trinajstić information content (AvgIpc) is 2.50. The van der Waals surface area contributed by atoms with E-state index < -0.39 is 0 Å². The maximum Gasteiger partial charge on any atom is 0.0281 e. The largest absolute Gasteiger partial charge is 0.311 e. The predicted octanol–water partition coefficient (Wildman–Crippen LogP) is 3.74. The van der Waals surface area contributed by atoms with Gasteiger partial charge in [0.1, 0.15) is 0 Å². The molecule has 0 amide bonds. The summed E-state index contributed by atoms with van der Waals surface area (Å²) in [6, 6.07) is 2.32. The third-order valence-corrected chi connectivity index (χ3v) is 6.03. The first kappa shape index (κ1) is 12.5. The van der Waals surface area contributed by atoms with Gasteiger partial charge in [0, 0.05) is 27.6 Å². The second-order valence-electron chi connectivity index (χ2n) is 4.78. The van der Waals surface area contributed by atoms with Crippen LogP contribution < -0.4 is 5.32 Å². The topological polar surface area (TPSA) is 12.0 Å². The van der Waals surface area contributed by atoms with Crippen molar-refractivity contribution in [3.05, 3.63) is 21.4 Å². The Morgan fingerprint density at radius 2 is 2.19 bits per heavy atom. The van der Waals surface area contributed by atoms with Crippen LogP contribution in [0.2, 0.25) is 0 Å². The number of thiophene rings is 1. The normalized spacial score (nSPS) is 18.4. The van der Waals surface area contributed by atoms with Crippen molar-refractivity contribution < 1.29 is 0 Å². The Labute approximate surface area is 107 Å². The van der Waals surface area contributed by atoms with Crippen molar-refractivity contribution in [2.45, 2.75) is 44.4 Å². The van der Waals surface area contributed by atoms with Gasteiger partial charge in [-0.15, -0.1) is 11.3 Å². The van der Waals surface area contributed by atoms with Gasteiger partial charge in [-0.2, -0.15) is 11.8 Å². The molecule has 0 radical (unpaired) electrons. The second-order valence-corrected chi connectivity index (χ2v) is 7.52. The Morgan fingerprint density at radius 3 is 2.62 bits per heavy atom. The molecule has 0 bridgehead atoms. The summed E-state index contributed by atoms with van der Waals surface area (Å²) >= 11 is 3.95. The van der Waals surface area contributed by atoms with E-state index >= 15 is 0 Å². The lowest BCUT2D eigenvalue weighted by Gasteiger charge is -2.40. The van der Waals surface area contributed by atoms with Gasteiger partial charge in [-0.3, -0.25) is 0 Å². The second kappa shape index (κ2) is 5.11. The summed E-state index contributed by atoms with van der Waals surface area (Å²) in [5.74, 6) is 0. The van der Waals surface area contributed by atoms with Crippen molar-refractivity contribution in [3.8, 4) is 0 Å². The van der Waals surface area contributed by atoms with Crippen molar-refractivity contribution in [3.63, 3.8) is 0 Å². The Kier molecular flexibility index (Phi) is 3.98. The fraction of sp³-hybridized carbons (Fsp3) is 0.692. The van der Waals surface area contributed by atoms with Crippen molar-refractivity contribution in [2.24, 2.45) is 0 Å². The maximum absolute atomic E-state index is 3.64. The van der Waals surface area contributed by atoms with E-state index in [-0.39, 0.29) is 0 Å². The molecule has 1 nitrogen and oxygen atoms in total. The molecule has 0 spiro atoms. The van der Waals surface area contributed by atoms with Crippen LogP contribution in [0.25, 0.3) is 0 Å². The first-order chi connectivity index (χ1) is 7.65. The summed E-state index contributed by atoms with van der Waals surface area (Å²) in [6.07, 6.45) is 6.45. The van der Waals surface area contributed by atoms with Gasteiger partial charge >= 0.3 is 0 Å². The molecule has 0 aromatic carbocycles. The molecular weight excluding hydrogens is 234 g/mol. The van der Waals surface area contributed by atoms with Crippen LogP contribution in [0.5, 0.6) is 0 Å². The maximum atomic E-state index is 3.64. The molecule has 1 aliphatic carbocycles. The minimum atomic E-state index is 0.555. The zero-order chi connectivity index (χ0) is 11.6. The molecule has 1 saturated carbocycles. The lowest BCUT2D eigenvalue weighted by Crippen LogP contribution is -2.43. The zero-order valence-electron chi connectivity index (χ0n) is 10.4. The van der Waals surface area contributed by atoms with Gasteiger partial charge in [-0.25, -0.2) is 0 Å². The highest BCUT2D eigenvalue weighted by atomic mass is 32.2. The minimum absolute atomic E-state index is 0.555. The van der Waals surface area contributed by atoms with Crippen LogP contribution in [0.4, 0.5) is 0 Å². The Hall–Kier alpha value is 0.01000. The molecule has 1 N–H and O–H groups in total. The van der Waals surface area contributed by atoms with Gasteiger partial charge in [-0.1, -0.05) is 6.42 Å². The number of aryl methyl sites for hydroxylation is 2. The molecular formula is C13H21NS2. The predicted molar refractivity (Wildman–Crippen MR) is 75.6 cm³/mol. The summed E-state index contributed by atoms with van der Waals surface area (Å²) in [7, 11) is 0. The van der Waals surface area contributed by atoms with E-state index in [1.165, 1.54) is 41.1 Å². The summed E-state index contributed by atoms with van der Waals surface area (Å²) < 4.78 is 0.555. The van der Waals surface area contributed by atoms with E-state index in [1.54, 1.807) is 0 Å². The fourth-order valence-electron chi connectivity index (χ4n) is 2.31. The SMILES string of the molecule is CSC1(CNCc2cc(C)sc2C)CCC1. The Morgan fingerprint density at radius 1 is 1.44 bits per heavy atom. The van der Waals surface area contributed by atoms with Crippen LogP contribution in [-0.2, 0) is 6.54 Å². The monoisotopic (exact) mass is 255 g/mol. The quantitative estimate of drug-likeness (QED) is 0.860. The molecule has 1 aromatic heterocycles. The van der Waals surface area contributed by atoms with Crippen LogP contribution in [0, 0.1) is 13.8 Å². The van der Waals surface area contributed by atoms with Crippen molar-refractivity contribution in [1.82, 2.24) is 5.32 Å². The molecule has 0 unspecified atom stereocenters. The van der Waals surface area contributed by atoms with Crippen LogP contribution in [0.15, 0.2) is 6.07 Å². The van der Waals surface area contributed by atoms with Gasteiger partial charge in [0.25, 0.3) is 0 Å². The number of hydrogen-bond acceptors (Lipinski definition) is 3. The molecule has 16 heavy (non-hydrogen) atoms. The number of rotatable bonds is 5. The standard InChI is InChI=1S/C13H21NS2/c1-10-7-12(11(2)16-10)8-14-9-13(15-3)5-4-6-13/h7,14H,4-6,8-9H2,1-3H3. The van der Waals surface area contributed by atoms with Crippen molar-refractivity contribution >= 4 is 23.1 Å². The van der Waals surface area contributed by atoms with Gasteiger partial charge in [0.2, 0.25) is 0 Å². The van der Waals surface area contributed by atoms with Crippen LogP contribution in [0.3, 0.4) is 0 Å². The lowest BCUT2D eigenvalue weighted by molar-refractivity contribution is 0.345. The number of thioether (sulfide) groups is 1. The van der Waals surface area contributed by atoms with E-state index in [0.29, 0.717) is 4.75 Å². The van der Waals surface area contributed by atoms with E-state index in [0.717, 1.165) is 6.54 Å².